The fourth-order valence-corrected chi connectivity index (χ4v) is 3.82. The number of hydrogen-bond acceptors (Lipinski definition) is 4. The average Bonchev–Trinajstić information content (AvgIpc) is 2.73. The molecule has 0 amide bonds. The van der Waals surface area contributed by atoms with Crippen LogP contribution in [0.5, 0.6) is 5.75 Å². The van der Waals surface area contributed by atoms with E-state index in [-0.39, 0.29) is 11.4 Å². The molecule has 0 aromatic heterocycles. The van der Waals surface area contributed by atoms with Gasteiger partial charge in [-0.2, -0.15) is 0 Å². The molecule has 2 N–H and O–H groups in total. The molecule has 1 atom stereocenters. The lowest BCUT2D eigenvalue weighted by Gasteiger charge is -2.24. The van der Waals surface area contributed by atoms with E-state index in [1.165, 1.54) is 12.1 Å². The lowest BCUT2D eigenvalue weighted by molar-refractivity contribution is 0.0627. The molecule has 0 fully saturated rings. The zero-order valence-corrected chi connectivity index (χ0v) is 16.4. The number of sulfonamides is 1. The maximum atomic E-state index is 12.3. The first-order valence-electron chi connectivity index (χ1n) is 8.91. The fraction of sp³-hybridized carbons (Fsp3) is 0.182. The predicted molar refractivity (Wildman–Crippen MR) is 108 cm³/mol. The van der Waals surface area contributed by atoms with Gasteiger partial charge in [0.15, 0.2) is 0 Å². The van der Waals surface area contributed by atoms with Crippen LogP contribution in [0.4, 0.5) is 0 Å². The molecule has 1 unspecified atom stereocenters. The van der Waals surface area contributed by atoms with Crippen molar-refractivity contribution in [2.24, 2.45) is 0 Å². The van der Waals surface area contributed by atoms with Gasteiger partial charge >= 0.3 is 0 Å². The van der Waals surface area contributed by atoms with Gasteiger partial charge in [-0.05, 0) is 42.3 Å². The van der Waals surface area contributed by atoms with Gasteiger partial charge in [0, 0.05) is 6.54 Å². The second-order valence-corrected chi connectivity index (χ2v) is 8.48. The van der Waals surface area contributed by atoms with Crippen molar-refractivity contribution in [3.05, 3.63) is 96.1 Å². The van der Waals surface area contributed by atoms with Crippen molar-refractivity contribution < 1.29 is 18.3 Å². The van der Waals surface area contributed by atoms with Crippen molar-refractivity contribution in [3.8, 4) is 5.75 Å². The minimum absolute atomic E-state index is 0.144. The van der Waals surface area contributed by atoms with Crippen LogP contribution in [-0.2, 0) is 22.2 Å². The monoisotopic (exact) mass is 397 g/mol. The highest BCUT2D eigenvalue weighted by molar-refractivity contribution is 7.89. The average molecular weight is 397 g/mol. The normalized spacial score (nSPS) is 13.6. The van der Waals surface area contributed by atoms with Crippen molar-refractivity contribution in [2.45, 2.75) is 24.0 Å². The first kappa shape index (κ1) is 20.1. The van der Waals surface area contributed by atoms with E-state index >= 15 is 0 Å². The second kappa shape index (κ2) is 8.56. The molecular formula is C22H23NO4S. The summed E-state index contributed by atoms with van der Waals surface area (Å²) in [5.41, 5.74) is 0.295. The van der Waals surface area contributed by atoms with Crippen molar-refractivity contribution in [1.82, 2.24) is 4.72 Å². The van der Waals surface area contributed by atoms with Crippen LogP contribution in [0.3, 0.4) is 0 Å². The fourth-order valence-electron chi connectivity index (χ4n) is 2.67. The van der Waals surface area contributed by atoms with E-state index in [1.807, 2.05) is 30.3 Å². The Morgan fingerprint density at radius 1 is 0.893 bits per heavy atom. The van der Waals surface area contributed by atoms with Gasteiger partial charge in [0.25, 0.3) is 0 Å². The van der Waals surface area contributed by atoms with Gasteiger partial charge in [-0.3, -0.25) is 0 Å². The summed E-state index contributed by atoms with van der Waals surface area (Å²) in [6.07, 6.45) is 0. The summed E-state index contributed by atoms with van der Waals surface area (Å²) in [7, 11) is -3.68. The van der Waals surface area contributed by atoms with Crippen molar-refractivity contribution in [2.75, 3.05) is 6.54 Å². The highest BCUT2D eigenvalue weighted by Gasteiger charge is 2.26. The molecule has 3 aromatic rings. The van der Waals surface area contributed by atoms with Crippen molar-refractivity contribution >= 4 is 10.0 Å². The Kier molecular flexibility index (Phi) is 6.14. The van der Waals surface area contributed by atoms with E-state index in [1.54, 1.807) is 49.4 Å². The van der Waals surface area contributed by atoms with E-state index in [0.717, 1.165) is 5.56 Å². The Morgan fingerprint density at radius 3 is 2.07 bits per heavy atom. The highest BCUT2D eigenvalue weighted by atomic mass is 32.2. The molecule has 0 saturated heterocycles. The van der Waals surface area contributed by atoms with Crippen LogP contribution in [0.15, 0.2) is 89.8 Å². The zero-order valence-electron chi connectivity index (χ0n) is 15.6. The summed E-state index contributed by atoms with van der Waals surface area (Å²) < 4.78 is 32.9. The summed E-state index contributed by atoms with van der Waals surface area (Å²) in [5.74, 6) is 0.674. The molecule has 6 heteroatoms. The maximum absolute atomic E-state index is 12.3. The van der Waals surface area contributed by atoms with E-state index in [9.17, 15) is 13.5 Å². The topological polar surface area (TPSA) is 75.6 Å². The van der Waals surface area contributed by atoms with Gasteiger partial charge in [0.2, 0.25) is 10.0 Å². The third-order valence-corrected chi connectivity index (χ3v) is 5.80. The van der Waals surface area contributed by atoms with Crippen LogP contribution in [0.25, 0.3) is 0 Å². The molecule has 28 heavy (non-hydrogen) atoms. The van der Waals surface area contributed by atoms with Gasteiger partial charge < -0.3 is 9.84 Å². The van der Waals surface area contributed by atoms with E-state index in [4.69, 9.17) is 4.74 Å². The van der Waals surface area contributed by atoms with E-state index < -0.39 is 15.6 Å². The lowest BCUT2D eigenvalue weighted by Crippen LogP contribution is -2.38. The number of rotatable bonds is 8. The molecule has 146 valence electrons. The molecule has 0 heterocycles. The molecule has 0 aliphatic rings. The molecule has 0 aliphatic carbocycles. The first-order chi connectivity index (χ1) is 13.4. The summed E-state index contributed by atoms with van der Waals surface area (Å²) in [4.78, 5) is 0.162. The van der Waals surface area contributed by atoms with Gasteiger partial charge in [-0.25, -0.2) is 13.1 Å². The quantitative estimate of drug-likeness (QED) is 0.610. The minimum atomic E-state index is -3.68. The van der Waals surface area contributed by atoms with Gasteiger partial charge in [-0.15, -0.1) is 0 Å². The van der Waals surface area contributed by atoms with Gasteiger partial charge in [0.05, 0.1) is 4.90 Å². The van der Waals surface area contributed by atoms with Crippen LogP contribution in [-0.4, -0.2) is 20.1 Å². The predicted octanol–water partition coefficient (Wildman–Crippen LogP) is 3.45. The Labute approximate surface area is 165 Å². The summed E-state index contributed by atoms with van der Waals surface area (Å²) in [6.45, 7) is 1.88. The Morgan fingerprint density at radius 2 is 1.46 bits per heavy atom. The summed E-state index contributed by atoms with van der Waals surface area (Å²) in [5, 5.41) is 10.7. The van der Waals surface area contributed by atoms with Crippen LogP contribution in [0.1, 0.15) is 18.1 Å². The maximum Gasteiger partial charge on any atom is 0.240 e. The molecule has 0 aliphatic heterocycles. The summed E-state index contributed by atoms with van der Waals surface area (Å²) >= 11 is 0. The number of hydrogen-bond donors (Lipinski definition) is 2. The molecule has 0 bridgehead atoms. The van der Waals surface area contributed by atoms with Crippen LogP contribution in [0.2, 0.25) is 0 Å². The third-order valence-electron chi connectivity index (χ3n) is 4.38. The molecule has 0 radical (unpaired) electrons. The molecule has 3 aromatic carbocycles. The molecule has 5 nitrogen and oxygen atoms in total. The number of ether oxygens (including phenoxy) is 1. The van der Waals surface area contributed by atoms with Crippen LogP contribution < -0.4 is 9.46 Å². The van der Waals surface area contributed by atoms with Crippen molar-refractivity contribution in [3.63, 3.8) is 0 Å². The largest absolute Gasteiger partial charge is 0.489 e. The number of nitrogens with one attached hydrogen (secondary N) is 1. The van der Waals surface area contributed by atoms with Gasteiger partial charge in [-0.1, -0.05) is 60.7 Å². The van der Waals surface area contributed by atoms with E-state index in [0.29, 0.717) is 17.9 Å². The molecule has 0 spiro atoms. The lowest BCUT2D eigenvalue weighted by atomic mass is 9.96. The molecule has 3 rings (SSSR count). The Hall–Kier alpha value is -2.67. The standard InChI is InChI=1S/C22H23NO4S/c1-22(24,17-23-28(25,26)21-10-6-3-7-11-21)19-12-14-20(15-13-19)27-16-18-8-4-2-5-9-18/h2-15,23-24H,16-17H2,1H3. The highest BCUT2D eigenvalue weighted by Crippen LogP contribution is 2.24. The molecule has 0 saturated carbocycles. The minimum Gasteiger partial charge on any atom is -0.489 e. The first-order valence-corrected chi connectivity index (χ1v) is 10.4. The van der Waals surface area contributed by atoms with Gasteiger partial charge in [0.1, 0.15) is 18.0 Å². The zero-order chi connectivity index (χ0) is 20.0. The van der Waals surface area contributed by atoms with Crippen molar-refractivity contribution in [1.29, 1.82) is 0 Å². The molecular weight excluding hydrogens is 374 g/mol. The smallest absolute Gasteiger partial charge is 0.240 e. The van der Waals surface area contributed by atoms with E-state index in [2.05, 4.69) is 4.72 Å². The Bertz CT molecular complexity index is 986. The van der Waals surface area contributed by atoms with Crippen LogP contribution >= 0.6 is 0 Å². The SMILES string of the molecule is CC(O)(CNS(=O)(=O)c1ccccc1)c1ccc(OCc2ccccc2)cc1. The Balaban J connectivity index is 1.62. The van der Waals surface area contributed by atoms with Crippen LogP contribution in [0, 0.1) is 0 Å². The number of aliphatic hydroxyl groups is 1. The number of benzene rings is 3. The third kappa shape index (κ3) is 5.19. The second-order valence-electron chi connectivity index (χ2n) is 6.71. The summed E-state index contributed by atoms with van der Waals surface area (Å²) in [6, 6.07) is 24.9.